The van der Waals surface area contributed by atoms with Crippen LogP contribution < -0.4 is 16.0 Å². The summed E-state index contributed by atoms with van der Waals surface area (Å²) in [6, 6.07) is -0.374. The van der Waals surface area contributed by atoms with E-state index in [-0.39, 0.29) is 60.2 Å². The topological polar surface area (TPSA) is 150 Å². The SMILES string of the molecule is COCCOC(=O)N[C@H](C(=O)N1C[C@H]2[C@@H]([C@H]1C(=O)N[C@H](C#N)C[C@@H]1CC3(CC3)NC1=O)C2(C)C)C(C)(C)C. The van der Waals surface area contributed by atoms with Gasteiger partial charge in [0.1, 0.15) is 24.7 Å². The van der Waals surface area contributed by atoms with Gasteiger partial charge in [0.2, 0.25) is 17.7 Å². The van der Waals surface area contributed by atoms with Crippen molar-refractivity contribution >= 4 is 23.8 Å². The Labute approximate surface area is 224 Å². The zero-order valence-corrected chi connectivity index (χ0v) is 23.3. The number of amides is 4. The van der Waals surface area contributed by atoms with Gasteiger partial charge in [-0.1, -0.05) is 34.6 Å². The lowest BCUT2D eigenvalue weighted by molar-refractivity contribution is -0.144. The monoisotopic (exact) mass is 531 g/mol. The number of hydrogen-bond donors (Lipinski definition) is 3. The molecule has 2 heterocycles. The molecule has 0 bridgehead atoms. The van der Waals surface area contributed by atoms with Crippen LogP contribution in [-0.2, 0) is 23.9 Å². The number of carbonyl (C=O) groups excluding carboxylic acids is 4. The molecule has 4 fully saturated rings. The lowest BCUT2D eigenvalue weighted by Crippen LogP contribution is -2.60. The molecule has 4 rings (SSSR count). The van der Waals surface area contributed by atoms with Crippen LogP contribution in [0.1, 0.15) is 60.3 Å². The van der Waals surface area contributed by atoms with E-state index in [1.807, 2.05) is 20.8 Å². The average Bonchev–Trinajstić information content (AvgIpc) is 3.55. The first-order chi connectivity index (χ1) is 17.7. The highest BCUT2D eigenvalue weighted by Gasteiger charge is 2.70. The van der Waals surface area contributed by atoms with Crippen LogP contribution in [-0.4, -0.2) is 79.2 Å². The Hall–Kier alpha value is -2.87. The number of hydrogen-bond acceptors (Lipinski definition) is 7. The quantitative estimate of drug-likeness (QED) is 0.380. The minimum Gasteiger partial charge on any atom is -0.447 e. The standard InChI is InChI=1S/C27H41N5O6/c1-25(2,3)20(30-24(36)38-10-9-37-6)23(35)32-14-17-18(26(17,4)5)19(32)22(34)29-16(13-28)11-15-12-27(7-8-27)31-21(15)33/h15-20H,7-12,14H2,1-6H3,(H,29,34)(H,30,36)(H,31,33)/t15-,16+,17+,18+,19+,20-/m1/s1. The first-order valence-corrected chi connectivity index (χ1v) is 13.5. The van der Waals surface area contributed by atoms with E-state index in [9.17, 15) is 24.4 Å². The first-order valence-electron chi connectivity index (χ1n) is 13.5. The zero-order valence-electron chi connectivity index (χ0n) is 23.3. The molecule has 2 aliphatic carbocycles. The molecular weight excluding hydrogens is 490 g/mol. The minimum absolute atomic E-state index is 0.0513. The molecule has 6 atom stereocenters. The number of methoxy groups -OCH3 is 1. The predicted octanol–water partition coefficient (Wildman–Crippen LogP) is 1.32. The Morgan fingerprint density at radius 2 is 1.89 bits per heavy atom. The third kappa shape index (κ3) is 5.46. The van der Waals surface area contributed by atoms with Gasteiger partial charge in [0.25, 0.3) is 0 Å². The highest BCUT2D eigenvalue weighted by Crippen LogP contribution is 2.65. The number of rotatable bonds is 9. The van der Waals surface area contributed by atoms with Crippen molar-refractivity contribution < 1.29 is 28.7 Å². The second-order valence-electron chi connectivity index (χ2n) is 13.1. The van der Waals surface area contributed by atoms with Gasteiger partial charge in [-0.15, -0.1) is 0 Å². The first kappa shape index (κ1) is 28.1. The summed E-state index contributed by atoms with van der Waals surface area (Å²) in [5.74, 6) is -1.03. The molecule has 38 heavy (non-hydrogen) atoms. The lowest BCUT2D eigenvalue weighted by atomic mass is 9.85. The number of fused-ring (bicyclic) bond motifs is 1. The Bertz CT molecular complexity index is 1030. The highest BCUT2D eigenvalue weighted by atomic mass is 16.6. The summed E-state index contributed by atoms with van der Waals surface area (Å²) in [6.07, 6.45) is 2.12. The van der Waals surface area contributed by atoms with Crippen LogP contribution in [0.15, 0.2) is 0 Å². The summed E-state index contributed by atoms with van der Waals surface area (Å²) in [7, 11) is 1.50. The number of likely N-dealkylation sites (tertiary alicyclic amines) is 1. The largest absolute Gasteiger partial charge is 0.447 e. The van der Waals surface area contributed by atoms with E-state index in [0.717, 1.165) is 12.8 Å². The third-order valence-electron chi connectivity index (χ3n) is 8.90. The Morgan fingerprint density at radius 3 is 2.45 bits per heavy atom. The van der Waals surface area contributed by atoms with Gasteiger partial charge in [-0.25, -0.2) is 4.79 Å². The normalized spacial score (nSPS) is 29.5. The molecular formula is C27H41N5O6. The summed E-state index contributed by atoms with van der Waals surface area (Å²) in [5, 5.41) is 18.4. The molecule has 3 N–H and O–H groups in total. The van der Waals surface area contributed by atoms with Gasteiger partial charge < -0.3 is 30.3 Å². The molecule has 0 radical (unpaired) electrons. The van der Waals surface area contributed by atoms with Gasteiger partial charge in [0.15, 0.2) is 0 Å². The number of carbonyl (C=O) groups is 4. The van der Waals surface area contributed by atoms with Crippen molar-refractivity contribution in [2.75, 3.05) is 26.9 Å². The van der Waals surface area contributed by atoms with Gasteiger partial charge in [0.05, 0.1) is 12.7 Å². The van der Waals surface area contributed by atoms with Crippen LogP contribution in [0.4, 0.5) is 4.79 Å². The Balaban J connectivity index is 1.46. The van der Waals surface area contributed by atoms with Crippen LogP contribution in [0.25, 0.3) is 0 Å². The zero-order chi connectivity index (χ0) is 28.0. The predicted molar refractivity (Wildman–Crippen MR) is 136 cm³/mol. The summed E-state index contributed by atoms with van der Waals surface area (Å²) < 4.78 is 10.0. The van der Waals surface area contributed by atoms with E-state index in [2.05, 4.69) is 35.9 Å². The van der Waals surface area contributed by atoms with E-state index in [0.29, 0.717) is 13.0 Å². The fourth-order valence-corrected chi connectivity index (χ4v) is 6.34. The lowest BCUT2D eigenvalue weighted by Gasteiger charge is -2.37. The van der Waals surface area contributed by atoms with Crippen molar-refractivity contribution in [1.29, 1.82) is 5.26 Å². The highest BCUT2D eigenvalue weighted by molar-refractivity contribution is 5.93. The van der Waals surface area contributed by atoms with Crippen LogP contribution >= 0.6 is 0 Å². The van der Waals surface area contributed by atoms with Gasteiger partial charge in [-0.3, -0.25) is 14.4 Å². The van der Waals surface area contributed by atoms with Crippen molar-refractivity contribution in [1.82, 2.24) is 20.9 Å². The van der Waals surface area contributed by atoms with Crippen molar-refractivity contribution in [3.63, 3.8) is 0 Å². The third-order valence-corrected chi connectivity index (χ3v) is 8.90. The summed E-state index contributed by atoms with van der Waals surface area (Å²) >= 11 is 0. The molecule has 11 heteroatoms. The number of piperidine rings is 1. The molecule has 0 aromatic rings. The van der Waals surface area contributed by atoms with Crippen LogP contribution in [0.3, 0.4) is 0 Å². The van der Waals surface area contributed by atoms with Crippen molar-refractivity contribution in [3.8, 4) is 6.07 Å². The fourth-order valence-electron chi connectivity index (χ4n) is 6.34. The average molecular weight is 532 g/mol. The number of nitrogens with zero attached hydrogens (tertiary/aromatic N) is 2. The molecule has 0 unspecified atom stereocenters. The molecule has 4 aliphatic rings. The van der Waals surface area contributed by atoms with Crippen molar-refractivity contribution in [3.05, 3.63) is 0 Å². The van der Waals surface area contributed by atoms with E-state index in [1.54, 1.807) is 4.90 Å². The maximum atomic E-state index is 13.8. The number of ether oxygens (including phenoxy) is 2. The van der Waals surface area contributed by atoms with Crippen LogP contribution in [0, 0.1) is 39.9 Å². The molecule has 2 saturated heterocycles. The second-order valence-corrected chi connectivity index (χ2v) is 13.1. The van der Waals surface area contributed by atoms with Gasteiger partial charge in [-0.05, 0) is 48.3 Å². The number of alkyl carbamates (subject to hydrolysis) is 1. The molecule has 2 saturated carbocycles. The molecule has 11 nitrogen and oxygen atoms in total. The maximum absolute atomic E-state index is 13.8. The van der Waals surface area contributed by atoms with E-state index in [4.69, 9.17) is 9.47 Å². The second kappa shape index (κ2) is 10.0. The number of nitrogens with one attached hydrogen (secondary N) is 3. The van der Waals surface area contributed by atoms with Crippen molar-refractivity contribution in [2.45, 2.75) is 84.0 Å². The van der Waals surface area contributed by atoms with E-state index >= 15 is 0 Å². The van der Waals surface area contributed by atoms with Gasteiger partial charge in [-0.2, -0.15) is 5.26 Å². The summed E-state index contributed by atoms with van der Waals surface area (Å²) in [6.45, 7) is 10.4. The molecule has 210 valence electrons. The molecule has 1 spiro atoms. The minimum atomic E-state index is -0.919. The van der Waals surface area contributed by atoms with Crippen LogP contribution in [0.2, 0.25) is 0 Å². The number of nitriles is 1. The fraction of sp³-hybridized carbons (Fsp3) is 0.815. The summed E-state index contributed by atoms with van der Waals surface area (Å²) in [4.78, 5) is 53.8. The van der Waals surface area contributed by atoms with Gasteiger partial charge >= 0.3 is 6.09 Å². The van der Waals surface area contributed by atoms with E-state index < -0.39 is 35.5 Å². The van der Waals surface area contributed by atoms with Crippen LogP contribution in [0.5, 0.6) is 0 Å². The Morgan fingerprint density at radius 1 is 1.21 bits per heavy atom. The molecule has 0 aromatic heterocycles. The maximum Gasteiger partial charge on any atom is 0.407 e. The Kier molecular flexibility index (Phi) is 7.43. The molecule has 4 amide bonds. The smallest absolute Gasteiger partial charge is 0.407 e. The molecule has 0 aromatic carbocycles. The van der Waals surface area contributed by atoms with Crippen molar-refractivity contribution in [2.24, 2.45) is 28.6 Å². The summed E-state index contributed by atoms with van der Waals surface area (Å²) in [5.41, 5.74) is -0.871. The van der Waals surface area contributed by atoms with E-state index in [1.165, 1.54) is 7.11 Å². The van der Waals surface area contributed by atoms with Gasteiger partial charge in [0, 0.05) is 25.1 Å². The molecule has 2 aliphatic heterocycles.